The topological polar surface area (TPSA) is 32.3 Å². The van der Waals surface area contributed by atoms with Crippen molar-refractivity contribution in [2.45, 2.75) is 25.4 Å². The highest BCUT2D eigenvalue weighted by Crippen LogP contribution is 2.33. The van der Waals surface area contributed by atoms with E-state index in [1.165, 1.54) is 15.3 Å². The average Bonchev–Trinajstić information content (AvgIpc) is 3.22. The Morgan fingerprint density at radius 2 is 1.71 bits per heavy atom. The van der Waals surface area contributed by atoms with Crippen molar-refractivity contribution in [1.29, 1.82) is 0 Å². The lowest BCUT2D eigenvalue weighted by molar-refractivity contribution is 0.0705. The highest BCUT2D eigenvalue weighted by Gasteiger charge is 2.23. The Balaban J connectivity index is 1.28. The van der Waals surface area contributed by atoms with Crippen LogP contribution in [0.4, 0.5) is 0 Å². The van der Waals surface area contributed by atoms with Crippen LogP contribution < -0.4 is 5.32 Å². The summed E-state index contributed by atoms with van der Waals surface area (Å²) in [6.07, 6.45) is 2.00. The van der Waals surface area contributed by atoms with Gasteiger partial charge in [-0.15, -0.1) is 11.3 Å². The minimum Gasteiger partial charge on any atom is -0.339 e. The van der Waals surface area contributed by atoms with Gasteiger partial charge in [-0.25, -0.2) is 0 Å². The molecule has 4 rings (SSSR count). The Morgan fingerprint density at radius 3 is 2.46 bits per heavy atom. The summed E-state index contributed by atoms with van der Waals surface area (Å²) in [6, 6.07) is 22.8. The lowest BCUT2D eigenvalue weighted by Gasteiger charge is -2.32. The lowest BCUT2D eigenvalue weighted by Crippen LogP contribution is -2.44. The van der Waals surface area contributed by atoms with Gasteiger partial charge in [0, 0.05) is 51.0 Å². The van der Waals surface area contributed by atoms with Crippen LogP contribution in [0.25, 0.3) is 10.4 Å². The number of nitrogens with zero attached hydrogens (tertiary/aromatic N) is 1. The molecule has 0 saturated carbocycles. The molecule has 1 saturated heterocycles. The second kappa shape index (κ2) is 9.03. The molecule has 0 radical (unpaired) electrons. The van der Waals surface area contributed by atoms with Crippen molar-refractivity contribution in [3.63, 3.8) is 0 Å². The standard InChI is InChI=1S/C23H23BrN2OS/c24-21-9-5-4-8-20(21)22-11-10-19(28-22)16-25-18-12-14-26(15-13-18)23(27)17-6-2-1-3-7-17/h1-11,18,25H,12-16H2. The Bertz CT molecular complexity index is 933. The molecule has 2 aromatic carbocycles. The first-order chi connectivity index (χ1) is 13.7. The van der Waals surface area contributed by atoms with Crippen molar-refractivity contribution in [3.05, 3.63) is 81.6 Å². The van der Waals surface area contributed by atoms with Gasteiger partial charge in [-0.1, -0.05) is 52.3 Å². The molecule has 1 N–H and O–H groups in total. The predicted octanol–water partition coefficient (Wildman–Crippen LogP) is 5.57. The molecule has 3 nitrogen and oxygen atoms in total. The number of amides is 1. The molecule has 144 valence electrons. The molecule has 2 heterocycles. The Labute approximate surface area is 178 Å². The first-order valence-corrected chi connectivity index (χ1v) is 11.2. The summed E-state index contributed by atoms with van der Waals surface area (Å²) in [5, 5.41) is 3.68. The number of carbonyl (C=O) groups is 1. The Hall–Kier alpha value is -1.95. The van der Waals surface area contributed by atoms with Crippen LogP contribution in [-0.4, -0.2) is 29.9 Å². The molecule has 0 aliphatic carbocycles. The number of likely N-dealkylation sites (tertiary alicyclic amines) is 1. The van der Waals surface area contributed by atoms with Gasteiger partial charge >= 0.3 is 0 Å². The largest absolute Gasteiger partial charge is 0.339 e. The number of carbonyl (C=O) groups excluding carboxylic acids is 1. The molecule has 1 aliphatic heterocycles. The van der Waals surface area contributed by atoms with Gasteiger partial charge in [0.05, 0.1) is 0 Å². The third kappa shape index (κ3) is 4.54. The van der Waals surface area contributed by atoms with Crippen LogP contribution >= 0.6 is 27.3 Å². The van der Waals surface area contributed by atoms with Crippen molar-refractivity contribution < 1.29 is 4.79 Å². The third-order valence-corrected chi connectivity index (χ3v) is 6.98. The summed E-state index contributed by atoms with van der Waals surface area (Å²) in [4.78, 5) is 17.2. The molecule has 3 aromatic rings. The summed E-state index contributed by atoms with van der Waals surface area (Å²) in [6.45, 7) is 2.52. The summed E-state index contributed by atoms with van der Waals surface area (Å²) in [5.41, 5.74) is 2.03. The molecule has 5 heteroatoms. The number of benzene rings is 2. The average molecular weight is 455 g/mol. The fourth-order valence-electron chi connectivity index (χ4n) is 3.57. The van der Waals surface area contributed by atoms with E-state index in [-0.39, 0.29) is 5.91 Å². The molecular formula is C23H23BrN2OS. The molecule has 1 fully saturated rings. The van der Waals surface area contributed by atoms with Gasteiger partial charge < -0.3 is 10.2 Å². The molecular weight excluding hydrogens is 432 g/mol. The van der Waals surface area contributed by atoms with Gasteiger partial charge in [0.2, 0.25) is 0 Å². The summed E-state index contributed by atoms with van der Waals surface area (Å²) in [7, 11) is 0. The molecule has 0 atom stereocenters. The SMILES string of the molecule is O=C(c1ccccc1)N1CCC(NCc2ccc(-c3ccccc3Br)s2)CC1. The van der Waals surface area contributed by atoms with Gasteiger partial charge in [-0.05, 0) is 43.2 Å². The van der Waals surface area contributed by atoms with Gasteiger partial charge in [0.1, 0.15) is 0 Å². The number of halogens is 1. The zero-order valence-corrected chi connectivity index (χ0v) is 18.0. The highest BCUT2D eigenvalue weighted by atomic mass is 79.9. The minimum absolute atomic E-state index is 0.149. The van der Waals surface area contributed by atoms with Gasteiger partial charge in [0.25, 0.3) is 5.91 Å². The summed E-state index contributed by atoms with van der Waals surface area (Å²) < 4.78 is 1.13. The maximum atomic E-state index is 12.6. The number of nitrogens with one attached hydrogen (secondary N) is 1. The van der Waals surface area contributed by atoms with Crippen LogP contribution in [0.1, 0.15) is 28.1 Å². The minimum atomic E-state index is 0.149. The van der Waals surface area contributed by atoms with Crippen LogP contribution in [0.3, 0.4) is 0 Å². The second-order valence-corrected chi connectivity index (χ2v) is 9.08. The molecule has 1 aliphatic rings. The van der Waals surface area contributed by atoms with Crippen LogP contribution in [0.2, 0.25) is 0 Å². The number of rotatable bonds is 5. The molecule has 0 spiro atoms. The van der Waals surface area contributed by atoms with Crippen LogP contribution in [0, 0.1) is 0 Å². The Kier molecular flexibility index (Phi) is 6.25. The second-order valence-electron chi connectivity index (χ2n) is 7.06. The van der Waals surface area contributed by atoms with Gasteiger partial charge in [-0.2, -0.15) is 0 Å². The van der Waals surface area contributed by atoms with E-state index in [2.05, 4.69) is 51.6 Å². The van der Waals surface area contributed by atoms with E-state index in [1.807, 2.05) is 52.6 Å². The van der Waals surface area contributed by atoms with Gasteiger partial charge in [-0.3, -0.25) is 4.79 Å². The van der Waals surface area contributed by atoms with Crippen LogP contribution in [-0.2, 0) is 6.54 Å². The number of hydrogen-bond acceptors (Lipinski definition) is 3. The van der Waals surface area contributed by atoms with E-state index in [4.69, 9.17) is 0 Å². The summed E-state index contributed by atoms with van der Waals surface area (Å²) >= 11 is 5.47. The van der Waals surface area contributed by atoms with E-state index in [1.54, 1.807) is 0 Å². The smallest absolute Gasteiger partial charge is 0.253 e. The monoisotopic (exact) mass is 454 g/mol. The van der Waals surface area contributed by atoms with Crippen LogP contribution in [0.15, 0.2) is 71.2 Å². The normalized spacial score (nSPS) is 15.0. The fourth-order valence-corrected chi connectivity index (χ4v) is 5.20. The first kappa shape index (κ1) is 19.4. The van der Waals surface area contributed by atoms with E-state index in [0.29, 0.717) is 6.04 Å². The number of thiophene rings is 1. The van der Waals surface area contributed by atoms with E-state index >= 15 is 0 Å². The van der Waals surface area contributed by atoms with E-state index in [9.17, 15) is 4.79 Å². The van der Waals surface area contributed by atoms with Crippen molar-refractivity contribution >= 4 is 33.2 Å². The first-order valence-electron chi connectivity index (χ1n) is 9.62. The predicted molar refractivity (Wildman–Crippen MR) is 120 cm³/mol. The van der Waals surface area contributed by atoms with Crippen molar-refractivity contribution in [2.75, 3.05) is 13.1 Å². The number of piperidine rings is 1. The molecule has 0 unspecified atom stereocenters. The van der Waals surface area contributed by atoms with Crippen molar-refractivity contribution in [3.8, 4) is 10.4 Å². The maximum absolute atomic E-state index is 12.6. The zero-order chi connectivity index (χ0) is 19.3. The quantitative estimate of drug-likeness (QED) is 0.546. The summed E-state index contributed by atoms with van der Waals surface area (Å²) in [5.74, 6) is 0.149. The third-order valence-electron chi connectivity index (χ3n) is 5.17. The number of hydrogen-bond donors (Lipinski definition) is 1. The highest BCUT2D eigenvalue weighted by molar-refractivity contribution is 9.10. The molecule has 1 aromatic heterocycles. The molecule has 1 amide bonds. The lowest BCUT2D eigenvalue weighted by atomic mass is 10.0. The Morgan fingerprint density at radius 1 is 1.00 bits per heavy atom. The fraction of sp³-hybridized carbons (Fsp3) is 0.261. The maximum Gasteiger partial charge on any atom is 0.253 e. The van der Waals surface area contributed by atoms with E-state index < -0.39 is 0 Å². The zero-order valence-electron chi connectivity index (χ0n) is 15.6. The van der Waals surface area contributed by atoms with Crippen molar-refractivity contribution in [2.24, 2.45) is 0 Å². The van der Waals surface area contributed by atoms with Crippen molar-refractivity contribution in [1.82, 2.24) is 10.2 Å². The van der Waals surface area contributed by atoms with E-state index in [0.717, 1.165) is 42.5 Å². The molecule has 0 bridgehead atoms. The van der Waals surface area contributed by atoms with Crippen LogP contribution in [0.5, 0.6) is 0 Å². The van der Waals surface area contributed by atoms with Gasteiger partial charge in [0.15, 0.2) is 0 Å². The molecule has 28 heavy (non-hydrogen) atoms.